The summed E-state index contributed by atoms with van der Waals surface area (Å²) < 4.78 is 44.8. The molecule has 246 valence electrons. The molecule has 2 aliphatic rings. The fourth-order valence-corrected chi connectivity index (χ4v) is 7.74. The van der Waals surface area contributed by atoms with Gasteiger partial charge in [0.1, 0.15) is 22.8 Å². The molecule has 1 aliphatic heterocycles. The Kier molecular flexibility index (Phi) is 9.28. The van der Waals surface area contributed by atoms with E-state index in [2.05, 4.69) is 112 Å². The van der Waals surface area contributed by atoms with Crippen LogP contribution >= 0.6 is 0 Å². The van der Waals surface area contributed by atoms with Gasteiger partial charge >= 0.3 is 0 Å². The van der Waals surface area contributed by atoms with E-state index >= 15 is 0 Å². The maximum atomic E-state index is 12.7. The van der Waals surface area contributed by atoms with Crippen molar-refractivity contribution < 1.29 is 17.4 Å². The van der Waals surface area contributed by atoms with Crippen molar-refractivity contribution in [1.82, 2.24) is 4.58 Å². The molecule has 6 rings (SSSR count). The van der Waals surface area contributed by atoms with Crippen LogP contribution in [0.25, 0.3) is 33.4 Å². The zero-order valence-electron chi connectivity index (χ0n) is 28.5. The standard InChI is InChI=1S/C41H42N2O4S/c1-7-23-42(40-27(3)13-11-14-28(40)4)31-19-21-33-36(25-31)47-37-26-32(43(24-8-2)41-29(5)15-12-16-30(41)6)20-22-34(37)39(33)35-17-9-10-18-38(35)48(44,45)46/h9-22,25-26H,7-8,23-24H2,1-6H3/p+1. The zero-order chi connectivity index (χ0) is 34.2. The molecule has 48 heavy (non-hydrogen) atoms. The molecule has 0 radical (unpaired) electrons. The smallest absolute Gasteiger partial charge is 0.295 e. The molecule has 1 heterocycles. The lowest BCUT2D eigenvalue weighted by molar-refractivity contribution is 0.483. The molecule has 6 nitrogen and oxygen atoms in total. The summed E-state index contributed by atoms with van der Waals surface area (Å²) in [6, 6.07) is 31.6. The number of para-hydroxylation sites is 2. The van der Waals surface area contributed by atoms with Gasteiger partial charge in [-0.05, 0) is 69.5 Å². The summed E-state index contributed by atoms with van der Waals surface area (Å²) in [5.74, 6) is 0.624. The van der Waals surface area contributed by atoms with E-state index in [1.807, 2.05) is 12.1 Å². The maximum Gasteiger partial charge on any atom is 0.295 e. The first kappa shape index (κ1) is 33.2. The average molecular weight is 660 g/mol. The lowest BCUT2D eigenvalue weighted by Gasteiger charge is -2.28. The fraction of sp³-hybridized carbons (Fsp3) is 0.244. The summed E-state index contributed by atoms with van der Waals surface area (Å²) in [5, 5.41) is 1.74. The van der Waals surface area contributed by atoms with Gasteiger partial charge in [0.25, 0.3) is 10.1 Å². The third-order valence-electron chi connectivity index (χ3n) is 9.06. The molecule has 0 bridgehead atoms. The molecule has 7 heteroatoms. The first-order valence-corrected chi connectivity index (χ1v) is 18.1. The average Bonchev–Trinajstić information content (AvgIpc) is 3.05. The van der Waals surface area contributed by atoms with Gasteiger partial charge in [0.15, 0.2) is 0 Å². The Balaban J connectivity index is 1.72. The topological polar surface area (TPSA) is 73.8 Å². The highest BCUT2D eigenvalue weighted by atomic mass is 32.2. The first-order chi connectivity index (χ1) is 23.0. The predicted molar refractivity (Wildman–Crippen MR) is 197 cm³/mol. The van der Waals surface area contributed by atoms with Gasteiger partial charge < -0.3 is 9.32 Å². The highest BCUT2D eigenvalue weighted by Crippen LogP contribution is 2.44. The van der Waals surface area contributed by atoms with Crippen LogP contribution in [0.1, 0.15) is 48.9 Å². The van der Waals surface area contributed by atoms with Gasteiger partial charge in [-0.3, -0.25) is 4.55 Å². The molecule has 4 aromatic rings. The highest BCUT2D eigenvalue weighted by Gasteiger charge is 2.26. The summed E-state index contributed by atoms with van der Waals surface area (Å²) in [5.41, 5.74) is 10.6. The molecule has 0 saturated heterocycles. The largest absolute Gasteiger partial charge is 0.456 e. The summed E-state index contributed by atoms with van der Waals surface area (Å²) in [7, 11) is -4.52. The van der Waals surface area contributed by atoms with Crippen molar-refractivity contribution in [3.8, 4) is 22.5 Å². The molecule has 0 spiro atoms. The Morgan fingerprint density at radius 1 is 0.729 bits per heavy atom. The van der Waals surface area contributed by atoms with Crippen LogP contribution in [-0.2, 0) is 10.1 Å². The van der Waals surface area contributed by atoms with Crippen LogP contribution in [0.3, 0.4) is 0 Å². The Hall–Kier alpha value is -4.72. The number of aryl methyl sites for hydroxylation is 4. The molecule has 0 amide bonds. The second-order valence-electron chi connectivity index (χ2n) is 12.6. The Morgan fingerprint density at radius 2 is 1.40 bits per heavy atom. The van der Waals surface area contributed by atoms with Crippen molar-refractivity contribution in [2.45, 2.75) is 59.3 Å². The summed E-state index contributed by atoms with van der Waals surface area (Å²) >= 11 is 0. The van der Waals surface area contributed by atoms with Crippen LogP contribution in [0.2, 0.25) is 0 Å². The molecule has 0 aromatic heterocycles. The van der Waals surface area contributed by atoms with Gasteiger partial charge in [-0.2, -0.15) is 13.0 Å². The normalized spacial score (nSPS) is 12.5. The van der Waals surface area contributed by atoms with Gasteiger partial charge in [-0.1, -0.05) is 68.4 Å². The van der Waals surface area contributed by atoms with E-state index in [1.165, 1.54) is 39.7 Å². The third-order valence-corrected chi connectivity index (χ3v) is 9.97. The van der Waals surface area contributed by atoms with Crippen molar-refractivity contribution >= 4 is 38.1 Å². The second kappa shape index (κ2) is 13.4. The molecule has 1 N–H and O–H groups in total. The van der Waals surface area contributed by atoms with Gasteiger partial charge in [0.2, 0.25) is 11.0 Å². The van der Waals surface area contributed by atoms with Crippen LogP contribution in [0, 0.1) is 27.7 Å². The minimum absolute atomic E-state index is 0.141. The van der Waals surface area contributed by atoms with Gasteiger partial charge in [0.05, 0.1) is 6.07 Å². The number of benzene rings is 5. The molecule has 1 aliphatic carbocycles. The summed E-state index contributed by atoms with van der Waals surface area (Å²) in [6.45, 7) is 14.5. The Bertz CT molecular complexity index is 2260. The van der Waals surface area contributed by atoms with E-state index in [4.69, 9.17) is 4.42 Å². The Labute approximate surface area is 283 Å². The minimum atomic E-state index is -4.52. The monoisotopic (exact) mass is 659 g/mol. The van der Waals surface area contributed by atoms with Crippen molar-refractivity contribution in [3.63, 3.8) is 0 Å². The van der Waals surface area contributed by atoms with Crippen LogP contribution in [-0.4, -0.2) is 26.1 Å². The molecule has 0 fully saturated rings. The molecule has 4 aromatic carbocycles. The molecule has 0 unspecified atom stereocenters. The van der Waals surface area contributed by atoms with E-state index in [-0.39, 0.29) is 4.90 Å². The quantitative estimate of drug-likeness (QED) is 0.0951. The maximum absolute atomic E-state index is 12.7. The molecule has 0 atom stereocenters. The van der Waals surface area contributed by atoms with Crippen LogP contribution < -0.4 is 14.8 Å². The minimum Gasteiger partial charge on any atom is -0.456 e. The van der Waals surface area contributed by atoms with Crippen LogP contribution in [0.5, 0.6) is 0 Å². The van der Waals surface area contributed by atoms with Crippen molar-refractivity contribution in [3.05, 3.63) is 125 Å². The molecule has 0 saturated carbocycles. The lowest BCUT2D eigenvalue weighted by Crippen LogP contribution is -2.27. The fourth-order valence-electron chi connectivity index (χ4n) is 7.04. The number of fused-ring (bicyclic) bond motifs is 2. The Morgan fingerprint density at radius 3 is 2.04 bits per heavy atom. The van der Waals surface area contributed by atoms with E-state index in [0.717, 1.165) is 47.9 Å². The van der Waals surface area contributed by atoms with E-state index in [1.54, 1.807) is 18.2 Å². The number of hydrogen-bond acceptors (Lipinski definition) is 4. The first-order valence-electron chi connectivity index (χ1n) is 16.6. The summed E-state index contributed by atoms with van der Waals surface area (Å²) in [6.07, 6.45) is 1.89. The number of hydrogen-bond donors (Lipinski definition) is 1. The van der Waals surface area contributed by atoms with Crippen molar-refractivity contribution in [1.29, 1.82) is 0 Å². The van der Waals surface area contributed by atoms with E-state index < -0.39 is 10.1 Å². The second-order valence-corrected chi connectivity index (χ2v) is 14.0. The summed E-state index contributed by atoms with van der Waals surface area (Å²) in [4.78, 5) is 2.19. The number of rotatable bonds is 9. The van der Waals surface area contributed by atoms with Gasteiger partial charge in [0, 0.05) is 69.7 Å². The van der Waals surface area contributed by atoms with Crippen molar-refractivity contribution in [2.75, 3.05) is 18.0 Å². The van der Waals surface area contributed by atoms with Crippen molar-refractivity contribution in [2.24, 2.45) is 0 Å². The van der Waals surface area contributed by atoms with Gasteiger partial charge in [-0.15, -0.1) is 0 Å². The SMILES string of the molecule is CCCN(c1ccc2c(-c3ccccc3S(=O)(=O)O)c3cc/c(=[N+](/CCC)c4c(C)cccc4C)cc-3oc2c1)c1c(C)cccc1C. The number of anilines is 2. The predicted octanol–water partition coefficient (Wildman–Crippen LogP) is 9.75. The highest BCUT2D eigenvalue weighted by molar-refractivity contribution is 7.86. The third kappa shape index (κ3) is 6.16. The van der Waals surface area contributed by atoms with Crippen LogP contribution in [0.15, 0.2) is 106 Å². The zero-order valence-corrected chi connectivity index (χ0v) is 29.4. The van der Waals surface area contributed by atoms with Crippen LogP contribution in [0.4, 0.5) is 17.1 Å². The lowest BCUT2D eigenvalue weighted by atomic mass is 9.93. The van der Waals surface area contributed by atoms with E-state index in [9.17, 15) is 13.0 Å². The van der Waals surface area contributed by atoms with Gasteiger partial charge in [-0.25, -0.2) is 0 Å². The molecular weight excluding hydrogens is 617 g/mol. The number of nitrogens with zero attached hydrogens (tertiary/aromatic N) is 2. The molecular formula is C41H43N2O4S+. The van der Waals surface area contributed by atoms with E-state index in [0.29, 0.717) is 22.5 Å².